The van der Waals surface area contributed by atoms with Crippen molar-refractivity contribution in [3.8, 4) is 17.6 Å². The monoisotopic (exact) mass is 615 g/mol. The number of aliphatic imine (C=N–C) groups is 1. The van der Waals surface area contributed by atoms with Crippen molar-refractivity contribution >= 4 is 29.2 Å². The lowest BCUT2D eigenvalue weighted by molar-refractivity contribution is -0.129. The van der Waals surface area contributed by atoms with Crippen LogP contribution in [-0.4, -0.2) is 77.6 Å². The fourth-order valence-corrected chi connectivity index (χ4v) is 6.09. The number of allylic oxidation sites excluding steroid dienone is 2. The van der Waals surface area contributed by atoms with E-state index < -0.39 is 29.9 Å². The highest BCUT2D eigenvalue weighted by Gasteiger charge is 2.45. The van der Waals surface area contributed by atoms with E-state index in [1.54, 1.807) is 22.1 Å². The summed E-state index contributed by atoms with van der Waals surface area (Å²) in [5.41, 5.74) is 0.896. The standard InChI is InChI=1S/C32H31F2N7O4/c1-4-25(42)40-13-12-39(17-19(40)8-10-35)30-20-16-22(34)28-26-21(33)6-5-7-23(26)44-14-15-45-24-9-11-36-27(18(2)3)29(24)41(31(20)37-28)32(43)38-30/h4-7,9,11,16,18-19,31,37H,1,8,12-15,17H2,2-3H3/t19-,31?/m0/s1. The molecule has 6 rings (SSSR count). The number of halogens is 2. The van der Waals surface area contributed by atoms with Crippen LogP contribution in [0.25, 0.3) is 5.70 Å². The first-order chi connectivity index (χ1) is 21.7. The number of carbonyl (C=O) groups excluding carboxylic acids is 2. The summed E-state index contributed by atoms with van der Waals surface area (Å²) in [5, 5.41) is 12.6. The largest absolute Gasteiger partial charge is 0.489 e. The predicted octanol–water partition coefficient (Wildman–Crippen LogP) is 4.26. The van der Waals surface area contributed by atoms with Gasteiger partial charge < -0.3 is 24.6 Å². The number of ether oxygens (including phenoxy) is 2. The van der Waals surface area contributed by atoms with Crippen LogP contribution in [-0.2, 0) is 4.79 Å². The molecule has 1 N–H and O–H groups in total. The quantitative estimate of drug-likeness (QED) is 0.509. The third-order valence-electron chi connectivity index (χ3n) is 8.11. The molecule has 1 saturated heterocycles. The van der Waals surface area contributed by atoms with Gasteiger partial charge in [-0.3, -0.25) is 14.7 Å². The number of rotatable bonds is 3. The first kappa shape index (κ1) is 29.8. The number of amidine groups is 1. The molecule has 1 aromatic carbocycles. The van der Waals surface area contributed by atoms with Crippen LogP contribution < -0.4 is 19.7 Å². The van der Waals surface area contributed by atoms with Gasteiger partial charge in [-0.1, -0.05) is 26.5 Å². The van der Waals surface area contributed by atoms with Gasteiger partial charge in [-0.15, -0.1) is 0 Å². The van der Waals surface area contributed by atoms with Crippen LogP contribution in [0, 0.1) is 17.1 Å². The number of anilines is 1. The summed E-state index contributed by atoms with van der Waals surface area (Å²) < 4.78 is 43.5. The maximum absolute atomic E-state index is 16.2. The average Bonchev–Trinajstić information content (AvgIpc) is 3.02. The molecule has 2 bridgehead atoms. The summed E-state index contributed by atoms with van der Waals surface area (Å²) in [7, 11) is 0. The van der Waals surface area contributed by atoms with Gasteiger partial charge in [0.15, 0.2) is 0 Å². The molecule has 0 spiro atoms. The van der Waals surface area contributed by atoms with E-state index in [1.165, 1.54) is 35.3 Å². The highest BCUT2D eigenvalue weighted by Crippen LogP contribution is 2.43. The lowest BCUT2D eigenvalue weighted by atomic mass is 9.96. The maximum Gasteiger partial charge on any atom is 0.352 e. The summed E-state index contributed by atoms with van der Waals surface area (Å²) in [6, 6.07) is 6.77. The molecule has 13 heteroatoms. The molecule has 11 nitrogen and oxygen atoms in total. The smallest absolute Gasteiger partial charge is 0.352 e. The Hall–Kier alpha value is -5.25. The normalized spacial score (nSPS) is 21.1. The number of benzene rings is 1. The van der Waals surface area contributed by atoms with E-state index in [0.29, 0.717) is 22.7 Å². The molecule has 1 unspecified atom stereocenters. The Labute approximate surface area is 258 Å². The van der Waals surface area contributed by atoms with E-state index in [2.05, 4.69) is 27.9 Å². The van der Waals surface area contributed by atoms with E-state index in [1.807, 2.05) is 13.8 Å². The number of hydrogen-bond donors (Lipinski definition) is 1. The van der Waals surface area contributed by atoms with Crippen LogP contribution >= 0.6 is 0 Å². The molecule has 3 amide bonds. The number of hydrogen-bond acceptors (Lipinski definition) is 8. The van der Waals surface area contributed by atoms with Crippen LogP contribution in [0.5, 0.6) is 11.5 Å². The molecule has 4 aliphatic heterocycles. The summed E-state index contributed by atoms with van der Waals surface area (Å²) in [5.74, 6) is -1.30. The summed E-state index contributed by atoms with van der Waals surface area (Å²) in [6.45, 7) is 8.15. The lowest BCUT2D eigenvalue weighted by Gasteiger charge is -2.46. The molecule has 2 aromatic rings. The second-order valence-corrected chi connectivity index (χ2v) is 11.2. The summed E-state index contributed by atoms with van der Waals surface area (Å²) in [6.07, 6.45) is 3.00. The van der Waals surface area contributed by atoms with Crippen molar-refractivity contribution in [3.05, 3.63) is 77.7 Å². The number of carbonyl (C=O) groups is 2. The van der Waals surface area contributed by atoms with Gasteiger partial charge in [0.05, 0.1) is 35.5 Å². The Morgan fingerprint density at radius 1 is 1.22 bits per heavy atom. The number of aromatic nitrogens is 1. The van der Waals surface area contributed by atoms with Gasteiger partial charge in [-0.25, -0.2) is 13.6 Å². The van der Waals surface area contributed by atoms with E-state index in [-0.39, 0.29) is 73.9 Å². The van der Waals surface area contributed by atoms with Crippen LogP contribution in [0.15, 0.2) is 65.6 Å². The van der Waals surface area contributed by atoms with E-state index in [4.69, 9.17) is 9.47 Å². The van der Waals surface area contributed by atoms with Crippen LogP contribution in [0.3, 0.4) is 0 Å². The number of nitrogens with zero attached hydrogens (tertiary/aromatic N) is 6. The van der Waals surface area contributed by atoms with E-state index in [0.717, 1.165) is 0 Å². The van der Waals surface area contributed by atoms with Crippen LogP contribution in [0.1, 0.15) is 37.4 Å². The molecule has 2 atom stereocenters. The number of piperazine rings is 1. The average molecular weight is 616 g/mol. The number of nitrogens with one attached hydrogen (secondary N) is 1. The molecular weight excluding hydrogens is 584 g/mol. The van der Waals surface area contributed by atoms with Gasteiger partial charge in [0.2, 0.25) is 5.91 Å². The van der Waals surface area contributed by atoms with Gasteiger partial charge in [0.25, 0.3) is 0 Å². The minimum Gasteiger partial charge on any atom is -0.489 e. The third kappa shape index (κ3) is 5.26. The van der Waals surface area contributed by atoms with Crippen molar-refractivity contribution in [1.82, 2.24) is 20.1 Å². The number of fused-ring (bicyclic) bond motifs is 5. The van der Waals surface area contributed by atoms with E-state index >= 15 is 8.78 Å². The number of pyridine rings is 1. The Bertz CT molecular complexity index is 1710. The molecule has 45 heavy (non-hydrogen) atoms. The molecule has 1 fully saturated rings. The minimum absolute atomic E-state index is 0.0229. The van der Waals surface area contributed by atoms with Crippen molar-refractivity contribution in [3.63, 3.8) is 0 Å². The SMILES string of the molecule is C=CC(=O)N1CCN(C2=NC(=O)N3c4c(ccnc4C(C)C)OCCOc4cccc(F)c4C4=C(F)C=C2C3N4)C[C@@H]1CC#N. The van der Waals surface area contributed by atoms with Crippen molar-refractivity contribution < 1.29 is 27.8 Å². The van der Waals surface area contributed by atoms with Crippen molar-refractivity contribution in [2.45, 2.75) is 38.4 Å². The fourth-order valence-electron chi connectivity index (χ4n) is 6.09. The zero-order valence-electron chi connectivity index (χ0n) is 24.8. The minimum atomic E-state index is -1.06. The Kier molecular flexibility index (Phi) is 7.97. The van der Waals surface area contributed by atoms with Gasteiger partial charge >= 0.3 is 6.03 Å². The second kappa shape index (κ2) is 12.0. The highest BCUT2D eigenvalue weighted by atomic mass is 19.1. The van der Waals surface area contributed by atoms with Crippen molar-refractivity contribution in [1.29, 1.82) is 5.26 Å². The summed E-state index contributed by atoms with van der Waals surface area (Å²) in [4.78, 5) is 40.4. The zero-order chi connectivity index (χ0) is 31.8. The van der Waals surface area contributed by atoms with E-state index in [9.17, 15) is 14.9 Å². The molecule has 0 aliphatic carbocycles. The molecule has 1 aromatic heterocycles. The third-order valence-corrected chi connectivity index (χ3v) is 8.11. The second-order valence-electron chi connectivity index (χ2n) is 11.2. The Balaban J connectivity index is 1.54. The van der Waals surface area contributed by atoms with Crippen molar-refractivity contribution in [2.24, 2.45) is 4.99 Å². The number of amides is 3. The van der Waals surface area contributed by atoms with Gasteiger partial charge in [-0.2, -0.15) is 10.3 Å². The van der Waals surface area contributed by atoms with Gasteiger partial charge in [0, 0.05) is 37.5 Å². The Morgan fingerprint density at radius 2 is 2.00 bits per heavy atom. The van der Waals surface area contributed by atoms with Crippen molar-refractivity contribution in [2.75, 3.05) is 37.7 Å². The number of nitriles is 1. The fraction of sp³-hybridized carbons (Fsp3) is 0.344. The molecule has 4 aliphatic rings. The molecule has 5 heterocycles. The Morgan fingerprint density at radius 3 is 2.73 bits per heavy atom. The first-order valence-corrected chi connectivity index (χ1v) is 14.6. The maximum atomic E-state index is 16.2. The molecule has 232 valence electrons. The molecule has 0 radical (unpaired) electrons. The van der Waals surface area contributed by atoms with Gasteiger partial charge in [-0.05, 0) is 30.2 Å². The lowest BCUT2D eigenvalue weighted by Crippen LogP contribution is -2.61. The summed E-state index contributed by atoms with van der Waals surface area (Å²) >= 11 is 0. The van der Waals surface area contributed by atoms with Crippen LogP contribution in [0.2, 0.25) is 0 Å². The molecule has 0 saturated carbocycles. The number of dihydropyridines is 1. The first-order valence-electron chi connectivity index (χ1n) is 14.6. The number of urea groups is 1. The van der Waals surface area contributed by atoms with Gasteiger partial charge in [0.1, 0.15) is 54.0 Å². The molecular formula is C32H31F2N7O4. The zero-order valence-corrected chi connectivity index (χ0v) is 24.8. The van der Waals surface area contributed by atoms with Crippen LogP contribution in [0.4, 0.5) is 19.3 Å². The topological polar surface area (TPSA) is 123 Å². The predicted molar refractivity (Wildman–Crippen MR) is 162 cm³/mol. The highest BCUT2D eigenvalue weighted by molar-refractivity contribution is 6.15.